The molecule has 0 saturated carbocycles. The zero-order valence-corrected chi connectivity index (χ0v) is 33.6. The van der Waals surface area contributed by atoms with Crippen LogP contribution in [0.3, 0.4) is 0 Å². The number of thioether (sulfide) groups is 1. The Kier molecular flexibility index (Phi) is 8.75. The summed E-state index contributed by atoms with van der Waals surface area (Å²) in [6, 6.07) is 67.9. The van der Waals surface area contributed by atoms with E-state index in [1.807, 2.05) is 42.5 Å². The van der Waals surface area contributed by atoms with Gasteiger partial charge in [-0.25, -0.2) is 4.98 Å². The van der Waals surface area contributed by atoms with Gasteiger partial charge in [-0.1, -0.05) is 158 Å². The molecule has 0 saturated heterocycles. The molecular weight excluding hydrogens is 753 g/mol. The Morgan fingerprint density at radius 2 is 0.917 bits per heavy atom. The number of rotatable bonds is 8. The van der Waals surface area contributed by atoms with Crippen LogP contribution in [0.2, 0.25) is 0 Å². The van der Waals surface area contributed by atoms with E-state index in [0.717, 1.165) is 76.7 Å². The van der Waals surface area contributed by atoms with Crippen LogP contribution in [-0.4, -0.2) is 24.1 Å². The molecule has 3 aromatic heterocycles. The van der Waals surface area contributed by atoms with Gasteiger partial charge in [0.1, 0.15) is 0 Å². The standard InChI is InChI=1S/C53H38N6S/c1-34(60-48-23-13-10-20-45(48)54)35-28-30-40(31-29-35)58-46-21-11-8-18-41(46)43-32-33-44-42-19-9-12-22-47(42)59(50(44)49(43)58)53-56-51(38-16-6-3-7-17-38)55-52(57-53)39-26-24-37(25-27-39)36-14-4-2-5-15-36/h2-34H,54H2,1H3. The molecule has 286 valence electrons. The van der Waals surface area contributed by atoms with Crippen molar-refractivity contribution in [3.63, 3.8) is 0 Å². The summed E-state index contributed by atoms with van der Waals surface area (Å²) in [5.74, 6) is 1.78. The van der Waals surface area contributed by atoms with Gasteiger partial charge in [-0.15, -0.1) is 11.8 Å². The van der Waals surface area contributed by atoms with Gasteiger partial charge in [0, 0.05) is 54.2 Å². The monoisotopic (exact) mass is 790 g/mol. The van der Waals surface area contributed by atoms with E-state index in [1.54, 1.807) is 11.8 Å². The van der Waals surface area contributed by atoms with Crippen molar-refractivity contribution in [1.82, 2.24) is 24.1 Å². The van der Waals surface area contributed by atoms with Crippen LogP contribution in [-0.2, 0) is 0 Å². The lowest BCUT2D eigenvalue weighted by molar-refractivity contribution is 0.953. The predicted molar refractivity (Wildman–Crippen MR) is 250 cm³/mol. The zero-order chi connectivity index (χ0) is 40.2. The molecule has 1 atom stereocenters. The maximum atomic E-state index is 6.33. The number of fused-ring (bicyclic) bond motifs is 7. The van der Waals surface area contributed by atoms with Crippen LogP contribution >= 0.6 is 11.8 Å². The van der Waals surface area contributed by atoms with Gasteiger partial charge in [0.05, 0.1) is 22.1 Å². The Labute approximate surface area is 351 Å². The molecule has 0 aliphatic carbocycles. The fraction of sp³-hybridized carbons (Fsp3) is 0.0377. The number of para-hydroxylation sites is 3. The summed E-state index contributed by atoms with van der Waals surface area (Å²) >= 11 is 1.78. The molecule has 0 bridgehead atoms. The molecule has 6 nitrogen and oxygen atoms in total. The molecule has 1 unspecified atom stereocenters. The topological polar surface area (TPSA) is 74.5 Å². The van der Waals surface area contributed by atoms with Crippen LogP contribution in [0.4, 0.5) is 5.69 Å². The molecule has 0 amide bonds. The van der Waals surface area contributed by atoms with Gasteiger partial charge in [0.2, 0.25) is 5.95 Å². The molecule has 0 fully saturated rings. The third-order valence-corrected chi connectivity index (χ3v) is 12.7. The van der Waals surface area contributed by atoms with E-state index in [0.29, 0.717) is 17.6 Å². The average Bonchev–Trinajstić information content (AvgIpc) is 3.83. The number of nitrogens with zero attached hydrogens (tertiary/aromatic N) is 5. The van der Waals surface area contributed by atoms with E-state index >= 15 is 0 Å². The number of benzene rings is 8. The van der Waals surface area contributed by atoms with Crippen molar-refractivity contribution in [3.8, 4) is 45.5 Å². The lowest BCUT2D eigenvalue weighted by atomic mass is 10.0. The first-order chi connectivity index (χ1) is 29.6. The normalized spacial score (nSPS) is 12.2. The van der Waals surface area contributed by atoms with Gasteiger partial charge >= 0.3 is 0 Å². The van der Waals surface area contributed by atoms with E-state index in [9.17, 15) is 0 Å². The lowest BCUT2D eigenvalue weighted by Gasteiger charge is -2.15. The van der Waals surface area contributed by atoms with Crippen LogP contribution in [0.5, 0.6) is 0 Å². The second-order valence-electron chi connectivity index (χ2n) is 15.0. The van der Waals surface area contributed by atoms with E-state index in [1.165, 1.54) is 10.9 Å². The SMILES string of the molecule is CC(Sc1ccccc1N)c1ccc(-n2c3ccccc3c3ccc4c5ccccc5n(-c5nc(-c6ccccc6)nc(-c6ccc(-c7ccccc7)cc6)n5)c4c32)cc1. The summed E-state index contributed by atoms with van der Waals surface area (Å²) in [6.07, 6.45) is 0. The number of anilines is 1. The maximum Gasteiger partial charge on any atom is 0.238 e. The van der Waals surface area contributed by atoms with Crippen molar-refractivity contribution in [2.75, 3.05) is 5.73 Å². The first kappa shape index (κ1) is 35.7. The third kappa shape index (κ3) is 6.10. The van der Waals surface area contributed by atoms with Crippen molar-refractivity contribution in [1.29, 1.82) is 0 Å². The molecule has 0 aliphatic heterocycles. The molecule has 60 heavy (non-hydrogen) atoms. The second-order valence-corrected chi connectivity index (χ2v) is 16.4. The van der Waals surface area contributed by atoms with Gasteiger partial charge in [0.25, 0.3) is 0 Å². The third-order valence-electron chi connectivity index (χ3n) is 11.4. The van der Waals surface area contributed by atoms with Crippen molar-refractivity contribution in [2.24, 2.45) is 0 Å². The Morgan fingerprint density at radius 1 is 0.433 bits per heavy atom. The molecule has 11 rings (SSSR count). The lowest BCUT2D eigenvalue weighted by Crippen LogP contribution is -2.07. The molecule has 2 N–H and O–H groups in total. The minimum absolute atomic E-state index is 0.211. The number of nitrogen functional groups attached to an aromatic ring is 1. The smallest absolute Gasteiger partial charge is 0.238 e. The molecule has 3 heterocycles. The Bertz CT molecular complexity index is 3350. The Morgan fingerprint density at radius 3 is 1.55 bits per heavy atom. The zero-order valence-electron chi connectivity index (χ0n) is 32.8. The summed E-state index contributed by atoms with van der Waals surface area (Å²) in [6.45, 7) is 2.23. The second kappa shape index (κ2) is 14.7. The van der Waals surface area contributed by atoms with Gasteiger partial charge in [0.15, 0.2) is 11.6 Å². The van der Waals surface area contributed by atoms with Gasteiger partial charge in [-0.2, -0.15) is 9.97 Å². The summed E-state index contributed by atoms with van der Waals surface area (Å²) in [5.41, 5.74) is 17.9. The average molecular weight is 791 g/mol. The quantitative estimate of drug-likeness (QED) is 0.123. The van der Waals surface area contributed by atoms with Crippen molar-refractivity contribution < 1.29 is 0 Å². The van der Waals surface area contributed by atoms with Crippen molar-refractivity contribution in [3.05, 3.63) is 200 Å². The van der Waals surface area contributed by atoms with Crippen LogP contribution in [0, 0.1) is 0 Å². The van der Waals surface area contributed by atoms with E-state index in [-0.39, 0.29) is 5.25 Å². The fourth-order valence-corrected chi connectivity index (χ4v) is 9.51. The molecule has 0 spiro atoms. The highest BCUT2D eigenvalue weighted by Gasteiger charge is 2.23. The summed E-state index contributed by atoms with van der Waals surface area (Å²) in [7, 11) is 0. The number of nitrogens with two attached hydrogens (primary N) is 1. The highest BCUT2D eigenvalue weighted by Crippen LogP contribution is 2.43. The minimum atomic E-state index is 0.211. The summed E-state index contributed by atoms with van der Waals surface area (Å²) in [4.78, 5) is 16.8. The minimum Gasteiger partial charge on any atom is -0.398 e. The Hall–Kier alpha value is -7.48. The van der Waals surface area contributed by atoms with E-state index < -0.39 is 0 Å². The van der Waals surface area contributed by atoms with Gasteiger partial charge in [-0.05, 0) is 60.0 Å². The molecule has 8 aromatic carbocycles. The van der Waals surface area contributed by atoms with Crippen molar-refractivity contribution in [2.45, 2.75) is 17.1 Å². The van der Waals surface area contributed by atoms with Crippen LogP contribution in [0.15, 0.2) is 199 Å². The number of hydrogen-bond acceptors (Lipinski definition) is 5. The maximum absolute atomic E-state index is 6.33. The molecular formula is C53H38N6S. The van der Waals surface area contributed by atoms with Crippen LogP contribution < -0.4 is 5.73 Å². The summed E-state index contributed by atoms with van der Waals surface area (Å²) in [5, 5.41) is 4.80. The van der Waals surface area contributed by atoms with E-state index in [4.69, 9.17) is 20.7 Å². The van der Waals surface area contributed by atoms with Crippen LogP contribution in [0.25, 0.3) is 89.2 Å². The van der Waals surface area contributed by atoms with E-state index in [2.05, 4.69) is 168 Å². The molecule has 11 aromatic rings. The first-order valence-corrected chi connectivity index (χ1v) is 21.0. The highest BCUT2D eigenvalue weighted by molar-refractivity contribution is 7.99. The van der Waals surface area contributed by atoms with Gasteiger partial charge in [-0.3, -0.25) is 4.57 Å². The molecule has 0 aliphatic rings. The number of aromatic nitrogens is 5. The van der Waals surface area contributed by atoms with Crippen molar-refractivity contribution >= 4 is 61.1 Å². The molecule has 7 heteroatoms. The predicted octanol–water partition coefficient (Wildman–Crippen LogP) is 13.5. The highest BCUT2D eigenvalue weighted by atomic mass is 32.2. The number of hydrogen-bond donors (Lipinski definition) is 1. The largest absolute Gasteiger partial charge is 0.398 e. The Balaban J connectivity index is 1.14. The van der Waals surface area contributed by atoms with Crippen LogP contribution in [0.1, 0.15) is 17.7 Å². The fourth-order valence-electron chi connectivity index (χ4n) is 8.47. The first-order valence-electron chi connectivity index (χ1n) is 20.1. The van der Waals surface area contributed by atoms with Gasteiger partial charge < -0.3 is 10.3 Å². The molecule has 0 radical (unpaired) electrons. The summed E-state index contributed by atoms with van der Waals surface area (Å²) < 4.78 is 4.65.